The van der Waals surface area contributed by atoms with Crippen LogP contribution in [0.3, 0.4) is 0 Å². The molecule has 0 aliphatic carbocycles. The van der Waals surface area contributed by atoms with Crippen molar-refractivity contribution >= 4 is 26.0 Å². The maximum Gasteiger partial charge on any atom is 0.407 e. The highest BCUT2D eigenvalue weighted by molar-refractivity contribution is 6.74. The van der Waals surface area contributed by atoms with E-state index in [4.69, 9.17) is 16.0 Å². The first-order valence-electron chi connectivity index (χ1n) is 10.4. The van der Waals surface area contributed by atoms with Gasteiger partial charge in [-0.15, -0.1) is 0 Å². The van der Waals surface area contributed by atoms with Crippen molar-refractivity contribution in [1.82, 2.24) is 14.7 Å². The first kappa shape index (κ1) is 24.2. The Morgan fingerprint density at radius 2 is 2.12 bits per heavy atom. The van der Waals surface area contributed by atoms with E-state index in [0.29, 0.717) is 30.0 Å². The molecule has 0 saturated heterocycles. The van der Waals surface area contributed by atoms with Crippen LogP contribution in [0.2, 0.25) is 23.2 Å². The highest BCUT2D eigenvalue weighted by atomic mass is 35.5. The van der Waals surface area contributed by atoms with Crippen molar-refractivity contribution in [1.29, 1.82) is 5.26 Å². The first-order valence-corrected chi connectivity index (χ1v) is 13.7. The van der Waals surface area contributed by atoms with E-state index < -0.39 is 20.2 Å². The lowest BCUT2D eigenvalue weighted by molar-refractivity contribution is 0.113. The van der Waals surface area contributed by atoms with Crippen molar-refractivity contribution in [3.63, 3.8) is 0 Å². The molecule has 1 atom stereocenters. The molecule has 10 heteroatoms. The van der Waals surface area contributed by atoms with Gasteiger partial charge in [-0.2, -0.15) is 10.4 Å². The highest BCUT2D eigenvalue weighted by Crippen LogP contribution is 2.38. The standard InChI is InChI=1S/C22H28ClFN4O3Si/c1-22(2,3)32(4,5)31-9-8-15-12-27(21(29)30)13-19-16(11-25)20(26-28(15)19)14-6-7-18(24)17(23)10-14/h6-7,10,15H,8-9,12-13H2,1-5H3,(H,29,30). The Labute approximate surface area is 193 Å². The molecule has 32 heavy (non-hydrogen) atoms. The monoisotopic (exact) mass is 478 g/mol. The molecule has 7 nitrogen and oxygen atoms in total. The van der Waals surface area contributed by atoms with Crippen LogP contribution in [0.25, 0.3) is 11.3 Å². The zero-order valence-electron chi connectivity index (χ0n) is 18.9. The molecule has 0 saturated carbocycles. The smallest absolute Gasteiger partial charge is 0.407 e. The van der Waals surface area contributed by atoms with Gasteiger partial charge < -0.3 is 14.4 Å². The summed E-state index contributed by atoms with van der Waals surface area (Å²) in [6.45, 7) is 11.6. The molecule has 1 amide bonds. The second-order valence-corrected chi connectivity index (χ2v) is 14.8. The average Bonchev–Trinajstić information content (AvgIpc) is 3.07. The Kier molecular flexibility index (Phi) is 6.70. The van der Waals surface area contributed by atoms with Gasteiger partial charge in [0.2, 0.25) is 0 Å². The summed E-state index contributed by atoms with van der Waals surface area (Å²) in [5, 5.41) is 24.1. The molecule has 1 unspecified atom stereocenters. The topological polar surface area (TPSA) is 91.4 Å². The third kappa shape index (κ3) is 4.67. The van der Waals surface area contributed by atoms with Crippen LogP contribution in [-0.4, -0.2) is 47.3 Å². The van der Waals surface area contributed by atoms with Gasteiger partial charge in [0, 0.05) is 18.7 Å². The second-order valence-electron chi connectivity index (χ2n) is 9.57. The molecule has 2 aromatic rings. The van der Waals surface area contributed by atoms with Crippen LogP contribution in [0.15, 0.2) is 18.2 Å². The van der Waals surface area contributed by atoms with Crippen LogP contribution in [0, 0.1) is 17.1 Å². The molecule has 0 bridgehead atoms. The number of benzene rings is 1. The van der Waals surface area contributed by atoms with Crippen LogP contribution in [0.5, 0.6) is 0 Å². The Bertz CT molecular complexity index is 1070. The maximum atomic E-state index is 13.6. The fourth-order valence-electron chi connectivity index (χ4n) is 3.49. The Morgan fingerprint density at radius 3 is 2.69 bits per heavy atom. The number of halogens is 2. The summed E-state index contributed by atoms with van der Waals surface area (Å²) in [6, 6.07) is 6.04. The molecular formula is C22H28ClFN4O3Si. The molecule has 1 aliphatic rings. The minimum atomic E-state index is -1.96. The van der Waals surface area contributed by atoms with Crippen LogP contribution in [0.1, 0.15) is 44.5 Å². The number of carbonyl (C=O) groups is 1. The lowest BCUT2D eigenvalue weighted by atomic mass is 10.0. The van der Waals surface area contributed by atoms with E-state index in [2.05, 4.69) is 45.0 Å². The van der Waals surface area contributed by atoms with E-state index >= 15 is 0 Å². The molecule has 1 aliphatic heterocycles. The third-order valence-electron chi connectivity index (χ3n) is 6.42. The summed E-state index contributed by atoms with van der Waals surface area (Å²) in [4.78, 5) is 13.1. The predicted molar refractivity (Wildman–Crippen MR) is 123 cm³/mol. The normalized spacial score (nSPS) is 16.6. The maximum absolute atomic E-state index is 13.6. The number of fused-ring (bicyclic) bond motifs is 1. The molecular weight excluding hydrogens is 451 g/mol. The van der Waals surface area contributed by atoms with Crippen molar-refractivity contribution in [3.8, 4) is 17.3 Å². The molecule has 0 fully saturated rings. The van der Waals surface area contributed by atoms with Gasteiger partial charge in [0.05, 0.1) is 23.3 Å². The third-order valence-corrected chi connectivity index (χ3v) is 11.3. The number of rotatable bonds is 5. The van der Waals surface area contributed by atoms with Gasteiger partial charge in [0.15, 0.2) is 8.32 Å². The van der Waals surface area contributed by atoms with Gasteiger partial charge in [-0.05, 0) is 42.8 Å². The first-order chi connectivity index (χ1) is 14.9. The van der Waals surface area contributed by atoms with Crippen molar-refractivity contribution in [2.75, 3.05) is 13.2 Å². The minimum Gasteiger partial charge on any atom is -0.465 e. The number of aromatic nitrogens is 2. The van der Waals surface area contributed by atoms with Crippen molar-refractivity contribution in [2.45, 2.75) is 57.9 Å². The number of amides is 1. The fourth-order valence-corrected chi connectivity index (χ4v) is 4.73. The molecule has 1 aromatic heterocycles. The second kappa shape index (κ2) is 8.85. The van der Waals surface area contributed by atoms with E-state index in [-0.39, 0.29) is 34.8 Å². The Hall–Kier alpha value is -2.41. The van der Waals surface area contributed by atoms with Crippen LogP contribution in [0.4, 0.5) is 9.18 Å². The summed E-state index contributed by atoms with van der Waals surface area (Å²) in [7, 11) is -1.96. The average molecular weight is 479 g/mol. The number of hydrogen-bond donors (Lipinski definition) is 1. The lowest BCUT2D eigenvalue weighted by Crippen LogP contribution is -2.43. The predicted octanol–water partition coefficient (Wildman–Crippen LogP) is 5.66. The molecule has 1 aromatic carbocycles. The quantitative estimate of drug-likeness (QED) is 0.559. The summed E-state index contributed by atoms with van der Waals surface area (Å²) >= 11 is 5.94. The van der Waals surface area contributed by atoms with E-state index in [1.54, 1.807) is 4.68 Å². The van der Waals surface area contributed by atoms with E-state index in [9.17, 15) is 19.6 Å². The summed E-state index contributed by atoms with van der Waals surface area (Å²) in [5.74, 6) is -0.560. The summed E-state index contributed by atoms with van der Waals surface area (Å²) in [6.07, 6.45) is -0.498. The summed E-state index contributed by atoms with van der Waals surface area (Å²) in [5.41, 5.74) is 1.67. The van der Waals surface area contributed by atoms with Crippen molar-refractivity contribution < 1.29 is 18.7 Å². The van der Waals surface area contributed by atoms with Gasteiger partial charge in [0.1, 0.15) is 23.1 Å². The molecule has 0 spiro atoms. The minimum absolute atomic E-state index is 0.0553. The zero-order chi connectivity index (χ0) is 23.8. The van der Waals surface area contributed by atoms with Gasteiger partial charge in [0.25, 0.3) is 0 Å². The number of carboxylic acid groups (broad SMARTS) is 1. The Balaban J connectivity index is 1.96. The van der Waals surface area contributed by atoms with Crippen molar-refractivity contribution in [3.05, 3.63) is 40.3 Å². The molecule has 2 heterocycles. The fraction of sp³-hybridized carbons (Fsp3) is 0.500. The number of nitriles is 1. The van der Waals surface area contributed by atoms with Crippen molar-refractivity contribution in [2.24, 2.45) is 0 Å². The molecule has 0 radical (unpaired) electrons. The van der Waals surface area contributed by atoms with Crippen LogP contribution < -0.4 is 0 Å². The van der Waals surface area contributed by atoms with E-state index in [0.717, 1.165) is 0 Å². The van der Waals surface area contributed by atoms with Gasteiger partial charge >= 0.3 is 6.09 Å². The summed E-state index contributed by atoms with van der Waals surface area (Å²) < 4.78 is 21.7. The SMILES string of the molecule is CC(C)(C)[Si](C)(C)OCCC1CN(C(=O)O)Cc2c(C#N)c(-c3ccc(F)c(Cl)c3)nn21. The molecule has 3 rings (SSSR count). The Morgan fingerprint density at radius 1 is 1.44 bits per heavy atom. The number of hydrogen-bond acceptors (Lipinski definition) is 4. The van der Waals surface area contributed by atoms with Gasteiger partial charge in [-0.1, -0.05) is 32.4 Å². The van der Waals surface area contributed by atoms with Crippen LogP contribution >= 0.6 is 11.6 Å². The highest BCUT2D eigenvalue weighted by Gasteiger charge is 2.38. The van der Waals surface area contributed by atoms with Gasteiger partial charge in [-0.3, -0.25) is 4.68 Å². The lowest BCUT2D eigenvalue weighted by Gasteiger charge is -2.37. The van der Waals surface area contributed by atoms with Gasteiger partial charge in [-0.25, -0.2) is 9.18 Å². The van der Waals surface area contributed by atoms with Crippen LogP contribution in [-0.2, 0) is 11.0 Å². The molecule has 172 valence electrons. The van der Waals surface area contributed by atoms with E-state index in [1.165, 1.54) is 23.1 Å². The van der Waals surface area contributed by atoms with E-state index in [1.807, 2.05) is 0 Å². The number of nitrogens with zero attached hydrogens (tertiary/aromatic N) is 4. The largest absolute Gasteiger partial charge is 0.465 e. The zero-order valence-corrected chi connectivity index (χ0v) is 20.7. The molecule has 1 N–H and O–H groups in total.